The molecule has 1 amide bonds. The Bertz CT molecular complexity index is 1320. The Kier molecular flexibility index (Phi) is 4.36. The molecule has 8 nitrogen and oxygen atoms in total. The smallest absolute Gasteiger partial charge is 0.248 e. The lowest BCUT2D eigenvalue weighted by atomic mass is 10.2. The quantitative estimate of drug-likeness (QED) is 0.534. The van der Waals surface area contributed by atoms with Gasteiger partial charge in [0.2, 0.25) is 5.91 Å². The first kappa shape index (κ1) is 17.8. The highest BCUT2D eigenvalue weighted by atomic mass is 32.2. The molecule has 1 N–H and O–H groups in total. The Morgan fingerprint density at radius 2 is 1.82 bits per heavy atom. The molecule has 9 heteroatoms. The standard InChI is InChI=1S/C19H15N5O3S/c1-28(26,27)15-8-6-14(7-9-15)21-18(25)11-10-17-22-23-19-16-5-3-2-4-13(16)12-20-24(17)19/h2-12H,1H3,(H,21,25)/b11-10+. The van der Waals surface area contributed by atoms with Gasteiger partial charge in [-0.1, -0.05) is 24.3 Å². The van der Waals surface area contributed by atoms with E-state index in [2.05, 4.69) is 20.6 Å². The predicted molar refractivity (Wildman–Crippen MR) is 106 cm³/mol. The lowest BCUT2D eigenvalue weighted by Crippen LogP contribution is -2.08. The lowest BCUT2D eigenvalue weighted by molar-refractivity contribution is -0.111. The molecular weight excluding hydrogens is 378 g/mol. The van der Waals surface area contributed by atoms with Gasteiger partial charge in [-0.2, -0.15) is 9.61 Å². The number of carbonyl (C=O) groups is 1. The summed E-state index contributed by atoms with van der Waals surface area (Å²) in [7, 11) is -3.28. The highest BCUT2D eigenvalue weighted by Crippen LogP contribution is 2.18. The van der Waals surface area contributed by atoms with Crippen LogP contribution in [0.4, 0.5) is 5.69 Å². The van der Waals surface area contributed by atoms with Crippen LogP contribution in [0.1, 0.15) is 5.82 Å². The summed E-state index contributed by atoms with van der Waals surface area (Å²) in [4.78, 5) is 12.3. The number of benzene rings is 2. The monoisotopic (exact) mass is 393 g/mol. The summed E-state index contributed by atoms with van der Waals surface area (Å²) in [6, 6.07) is 13.6. The average molecular weight is 393 g/mol. The second-order valence-electron chi connectivity index (χ2n) is 6.14. The summed E-state index contributed by atoms with van der Waals surface area (Å²) >= 11 is 0. The minimum atomic E-state index is -3.28. The van der Waals surface area contributed by atoms with Crippen LogP contribution in [0.5, 0.6) is 0 Å². The molecule has 0 aliphatic carbocycles. The number of aromatic nitrogens is 4. The van der Waals surface area contributed by atoms with Crippen LogP contribution in [0.15, 0.2) is 65.7 Å². The van der Waals surface area contributed by atoms with Gasteiger partial charge in [0.25, 0.3) is 0 Å². The van der Waals surface area contributed by atoms with E-state index < -0.39 is 9.84 Å². The number of rotatable bonds is 4. The summed E-state index contributed by atoms with van der Waals surface area (Å²) < 4.78 is 24.5. The van der Waals surface area contributed by atoms with Crippen molar-refractivity contribution >= 4 is 43.9 Å². The molecule has 0 saturated carbocycles. The molecule has 2 aromatic heterocycles. The summed E-state index contributed by atoms with van der Waals surface area (Å²) in [5, 5.41) is 17.1. The van der Waals surface area contributed by atoms with Gasteiger partial charge >= 0.3 is 0 Å². The molecule has 4 aromatic rings. The van der Waals surface area contributed by atoms with Crippen LogP contribution in [0, 0.1) is 0 Å². The van der Waals surface area contributed by atoms with E-state index >= 15 is 0 Å². The SMILES string of the molecule is CS(=O)(=O)c1ccc(NC(=O)/C=C/c2nnc3c4ccccc4cnn23)cc1. The molecule has 0 bridgehead atoms. The summed E-state index contributed by atoms with van der Waals surface area (Å²) in [6.45, 7) is 0. The third-order valence-corrected chi connectivity index (χ3v) is 5.24. The Balaban J connectivity index is 1.54. The highest BCUT2D eigenvalue weighted by Gasteiger charge is 2.09. The first-order valence-corrected chi connectivity index (χ1v) is 10.2. The van der Waals surface area contributed by atoms with Crippen LogP contribution in [0.2, 0.25) is 0 Å². The molecule has 0 spiro atoms. The van der Waals surface area contributed by atoms with Gasteiger partial charge in [0, 0.05) is 28.8 Å². The van der Waals surface area contributed by atoms with Crippen molar-refractivity contribution in [2.45, 2.75) is 4.90 Å². The summed E-state index contributed by atoms with van der Waals surface area (Å²) in [6.07, 6.45) is 5.68. The van der Waals surface area contributed by atoms with Crippen LogP contribution in [-0.2, 0) is 14.6 Å². The van der Waals surface area contributed by atoms with Gasteiger partial charge in [-0.05, 0) is 30.3 Å². The van der Waals surface area contributed by atoms with Crippen LogP contribution >= 0.6 is 0 Å². The van der Waals surface area contributed by atoms with Crippen molar-refractivity contribution in [3.05, 3.63) is 66.6 Å². The molecule has 28 heavy (non-hydrogen) atoms. The number of amides is 1. The third kappa shape index (κ3) is 3.47. The second kappa shape index (κ2) is 6.86. The van der Waals surface area contributed by atoms with Crippen molar-refractivity contribution in [2.75, 3.05) is 11.6 Å². The van der Waals surface area contributed by atoms with E-state index in [0.717, 1.165) is 17.0 Å². The van der Waals surface area contributed by atoms with Crippen LogP contribution in [0.25, 0.3) is 22.5 Å². The van der Waals surface area contributed by atoms with Crippen LogP contribution in [0.3, 0.4) is 0 Å². The van der Waals surface area contributed by atoms with Crippen molar-refractivity contribution in [3.63, 3.8) is 0 Å². The molecule has 2 aromatic carbocycles. The van der Waals surface area contributed by atoms with Crippen molar-refractivity contribution < 1.29 is 13.2 Å². The maximum atomic E-state index is 12.1. The molecule has 140 valence electrons. The second-order valence-corrected chi connectivity index (χ2v) is 8.16. The molecule has 4 rings (SSSR count). The van der Waals surface area contributed by atoms with Gasteiger partial charge in [-0.25, -0.2) is 8.42 Å². The third-order valence-electron chi connectivity index (χ3n) is 4.11. The molecular formula is C19H15N5O3S. The molecule has 0 unspecified atom stereocenters. The Morgan fingerprint density at radius 1 is 1.07 bits per heavy atom. The maximum Gasteiger partial charge on any atom is 0.248 e. The molecule has 0 atom stereocenters. The molecule has 0 radical (unpaired) electrons. The number of carbonyl (C=O) groups excluding carboxylic acids is 1. The number of nitrogens with one attached hydrogen (secondary N) is 1. The van der Waals surface area contributed by atoms with Gasteiger partial charge in [0.1, 0.15) is 0 Å². The van der Waals surface area contributed by atoms with Crippen LogP contribution < -0.4 is 5.32 Å². The van der Waals surface area contributed by atoms with E-state index in [0.29, 0.717) is 17.2 Å². The van der Waals surface area contributed by atoms with Gasteiger partial charge in [0.05, 0.1) is 11.1 Å². The lowest BCUT2D eigenvalue weighted by Gasteiger charge is -2.03. The van der Waals surface area contributed by atoms with Crippen molar-refractivity contribution in [1.82, 2.24) is 19.8 Å². The van der Waals surface area contributed by atoms with Gasteiger partial charge in [-0.3, -0.25) is 4.79 Å². The van der Waals surface area contributed by atoms with E-state index in [9.17, 15) is 13.2 Å². The zero-order valence-corrected chi connectivity index (χ0v) is 15.6. The van der Waals surface area contributed by atoms with Crippen molar-refractivity contribution in [1.29, 1.82) is 0 Å². The van der Waals surface area contributed by atoms with Gasteiger partial charge < -0.3 is 5.32 Å². The fraction of sp³-hybridized carbons (Fsp3) is 0.0526. The van der Waals surface area contributed by atoms with Gasteiger partial charge in [0.15, 0.2) is 21.3 Å². The molecule has 0 aliphatic rings. The summed E-state index contributed by atoms with van der Waals surface area (Å²) in [5.41, 5.74) is 1.09. The van der Waals surface area contributed by atoms with E-state index in [1.54, 1.807) is 10.7 Å². The fourth-order valence-electron chi connectivity index (χ4n) is 2.73. The first-order valence-electron chi connectivity index (χ1n) is 8.30. The Morgan fingerprint density at radius 3 is 2.57 bits per heavy atom. The normalized spacial score (nSPS) is 12.0. The van der Waals surface area contributed by atoms with Crippen molar-refractivity contribution in [2.24, 2.45) is 0 Å². The number of fused-ring (bicyclic) bond motifs is 3. The number of nitrogens with zero attached hydrogens (tertiary/aromatic N) is 4. The minimum absolute atomic E-state index is 0.189. The topological polar surface area (TPSA) is 106 Å². The zero-order chi connectivity index (χ0) is 19.7. The number of sulfone groups is 1. The molecule has 0 saturated heterocycles. The largest absolute Gasteiger partial charge is 0.323 e. The van der Waals surface area contributed by atoms with E-state index in [-0.39, 0.29) is 10.8 Å². The number of anilines is 1. The minimum Gasteiger partial charge on any atom is -0.323 e. The maximum absolute atomic E-state index is 12.1. The van der Waals surface area contributed by atoms with E-state index in [1.165, 1.54) is 36.4 Å². The van der Waals surface area contributed by atoms with Crippen LogP contribution in [-0.4, -0.2) is 40.4 Å². The zero-order valence-electron chi connectivity index (χ0n) is 14.8. The summed E-state index contributed by atoms with van der Waals surface area (Å²) in [5.74, 6) is 0.0352. The molecule has 0 fully saturated rings. The Hall–Kier alpha value is -3.59. The highest BCUT2D eigenvalue weighted by molar-refractivity contribution is 7.90. The predicted octanol–water partition coefficient (Wildman–Crippen LogP) is 2.33. The molecule has 0 aliphatic heterocycles. The number of hydrogen-bond acceptors (Lipinski definition) is 6. The molecule has 2 heterocycles. The Labute approximate surface area is 160 Å². The fourth-order valence-corrected chi connectivity index (χ4v) is 3.36. The van der Waals surface area contributed by atoms with Crippen molar-refractivity contribution in [3.8, 4) is 0 Å². The first-order chi connectivity index (χ1) is 13.4. The number of hydrogen-bond donors (Lipinski definition) is 1. The average Bonchev–Trinajstić information content (AvgIpc) is 3.10. The van der Waals surface area contributed by atoms with Gasteiger partial charge in [-0.15, -0.1) is 10.2 Å². The van der Waals surface area contributed by atoms with E-state index in [1.807, 2.05) is 24.3 Å². The van der Waals surface area contributed by atoms with E-state index in [4.69, 9.17) is 0 Å².